The Morgan fingerprint density at radius 2 is 2.10 bits per heavy atom. The molecule has 0 saturated carbocycles. The van der Waals surface area contributed by atoms with Crippen molar-refractivity contribution in [2.24, 2.45) is 0 Å². The number of carbonyl (C=O) groups excluding carboxylic acids is 1. The number of aromatic nitrogens is 4. The van der Waals surface area contributed by atoms with Crippen molar-refractivity contribution >= 4 is 46.1 Å². The van der Waals surface area contributed by atoms with Crippen LogP contribution in [-0.4, -0.2) is 51.5 Å². The molecule has 29 heavy (non-hydrogen) atoms. The van der Waals surface area contributed by atoms with Crippen LogP contribution >= 0.6 is 23.4 Å². The number of fused-ring (bicyclic) bond motifs is 1. The van der Waals surface area contributed by atoms with Gasteiger partial charge in [0.25, 0.3) is 5.91 Å². The molecular weight excluding hydrogens is 415 g/mol. The van der Waals surface area contributed by atoms with Crippen LogP contribution in [0.25, 0.3) is 11.0 Å². The highest BCUT2D eigenvalue weighted by molar-refractivity contribution is 7.98. The molecule has 1 amide bonds. The summed E-state index contributed by atoms with van der Waals surface area (Å²) in [5.41, 5.74) is 0.576. The lowest BCUT2D eigenvalue weighted by Gasteiger charge is -2.17. The van der Waals surface area contributed by atoms with Crippen molar-refractivity contribution in [1.82, 2.24) is 25.1 Å². The van der Waals surface area contributed by atoms with Gasteiger partial charge < -0.3 is 10.2 Å². The smallest absolute Gasteiger partial charge is 0.255 e. The van der Waals surface area contributed by atoms with Gasteiger partial charge in [0, 0.05) is 19.6 Å². The molecule has 10 heteroatoms. The first-order valence-electron chi connectivity index (χ1n) is 9.33. The molecule has 0 bridgehead atoms. The Labute approximate surface area is 176 Å². The number of anilines is 1. The molecule has 4 rings (SSSR count). The largest absolute Gasteiger partial charge is 0.356 e. The predicted molar refractivity (Wildman–Crippen MR) is 112 cm³/mol. The number of nitrogens with zero attached hydrogens (tertiary/aromatic N) is 5. The number of nitrogens with one attached hydrogen (secondary N) is 1. The molecule has 0 spiro atoms. The number of hydrogen-bond donors (Lipinski definition) is 1. The summed E-state index contributed by atoms with van der Waals surface area (Å²) >= 11 is 7.43. The quantitative estimate of drug-likeness (QED) is 0.473. The van der Waals surface area contributed by atoms with Crippen molar-refractivity contribution in [2.75, 3.05) is 30.8 Å². The maximum absolute atomic E-state index is 13.9. The minimum atomic E-state index is -0.646. The molecule has 0 aliphatic carbocycles. The van der Waals surface area contributed by atoms with Crippen molar-refractivity contribution in [3.63, 3.8) is 0 Å². The van der Waals surface area contributed by atoms with Gasteiger partial charge in [-0.05, 0) is 31.2 Å². The Hall–Kier alpha value is -2.39. The summed E-state index contributed by atoms with van der Waals surface area (Å²) in [7, 11) is 0. The highest BCUT2D eigenvalue weighted by Gasteiger charge is 2.21. The Kier molecular flexibility index (Phi) is 5.86. The van der Waals surface area contributed by atoms with E-state index in [0.717, 1.165) is 42.8 Å². The first kappa shape index (κ1) is 19.9. The van der Waals surface area contributed by atoms with E-state index >= 15 is 0 Å². The Bertz CT molecular complexity index is 1030. The summed E-state index contributed by atoms with van der Waals surface area (Å²) in [5, 5.41) is 8.80. The number of amides is 1. The van der Waals surface area contributed by atoms with E-state index in [2.05, 4.69) is 25.3 Å². The third-order valence-electron chi connectivity index (χ3n) is 4.84. The fourth-order valence-corrected chi connectivity index (χ4v) is 4.03. The lowest BCUT2D eigenvalue weighted by atomic mass is 10.2. The number of hydrogen-bond acceptors (Lipinski definition) is 6. The molecule has 1 N–H and O–H groups in total. The van der Waals surface area contributed by atoms with Gasteiger partial charge in [0.2, 0.25) is 0 Å². The summed E-state index contributed by atoms with van der Waals surface area (Å²) in [6.07, 6.45) is 6.01. The number of rotatable bonds is 6. The molecule has 2 aromatic heterocycles. The van der Waals surface area contributed by atoms with E-state index in [0.29, 0.717) is 11.7 Å². The van der Waals surface area contributed by atoms with Crippen LogP contribution in [0.4, 0.5) is 10.2 Å². The maximum atomic E-state index is 13.9. The highest BCUT2D eigenvalue weighted by atomic mass is 35.5. The Morgan fingerprint density at radius 1 is 1.31 bits per heavy atom. The van der Waals surface area contributed by atoms with Gasteiger partial charge in [-0.15, -0.1) is 0 Å². The Morgan fingerprint density at radius 3 is 2.83 bits per heavy atom. The molecule has 1 aliphatic heterocycles. The monoisotopic (exact) mass is 434 g/mol. The van der Waals surface area contributed by atoms with E-state index in [9.17, 15) is 9.18 Å². The number of benzene rings is 1. The molecule has 152 valence electrons. The second-order valence-corrected chi connectivity index (χ2v) is 7.87. The lowest BCUT2D eigenvalue weighted by molar-refractivity contribution is 0.0948. The molecule has 0 unspecified atom stereocenters. The third-order valence-corrected chi connectivity index (χ3v) is 5.71. The van der Waals surface area contributed by atoms with Gasteiger partial charge in [-0.1, -0.05) is 29.4 Å². The second kappa shape index (κ2) is 8.54. The standard InChI is InChI=1S/C19H20ClFN6OS/c1-29-19-24-16(26-8-2-3-9-26)12-11-23-27(17(12)25-19)10-7-22-18(28)15-13(20)5-4-6-14(15)21/h4-6,11H,2-3,7-10H2,1H3,(H,22,28). The highest BCUT2D eigenvalue weighted by Crippen LogP contribution is 2.28. The molecular formula is C19H20ClFN6OS. The lowest BCUT2D eigenvalue weighted by Crippen LogP contribution is -2.28. The third kappa shape index (κ3) is 4.02. The van der Waals surface area contributed by atoms with Crippen LogP contribution in [0.1, 0.15) is 23.2 Å². The minimum Gasteiger partial charge on any atom is -0.356 e. The normalized spacial score (nSPS) is 14.0. The fraction of sp³-hybridized carbons (Fsp3) is 0.368. The first-order valence-corrected chi connectivity index (χ1v) is 10.9. The fourth-order valence-electron chi connectivity index (χ4n) is 3.42. The molecule has 1 fully saturated rings. The Balaban J connectivity index is 1.53. The zero-order chi connectivity index (χ0) is 20.4. The summed E-state index contributed by atoms with van der Waals surface area (Å²) < 4.78 is 15.6. The van der Waals surface area contributed by atoms with Gasteiger partial charge in [0.05, 0.1) is 28.7 Å². The SMILES string of the molecule is CSc1nc(N2CCCC2)c2cnn(CCNC(=O)c3c(F)cccc3Cl)c2n1. The van der Waals surface area contributed by atoms with Crippen molar-refractivity contribution in [1.29, 1.82) is 0 Å². The number of thioether (sulfide) groups is 1. The van der Waals surface area contributed by atoms with E-state index < -0.39 is 11.7 Å². The second-order valence-electron chi connectivity index (χ2n) is 6.69. The van der Waals surface area contributed by atoms with E-state index in [4.69, 9.17) is 11.6 Å². The minimum absolute atomic E-state index is 0.0830. The number of carbonyl (C=O) groups is 1. The molecule has 3 heterocycles. The molecule has 1 aromatic carbocycles. The zero-order valence-electron chi connectivity index (χ0n) is 15.9. The van der Waals surface area contributed by atoms with Gasteiger partial charge in [-0.25, -0.2) is 19.0 Å². The molecule has 7 nitrogen and oxygen atoms in total. The van der Waals surface area contributed by atoms with Crippen molar-refractivity contribution < 1.29 is 9.18 Å². The first-order chi connectivity index (χ1) is 14.1. The average Bonchev–Trinajstić information content (AvgIpc) is 3.37. The van der Waals surface area contributed by atoms with Gasteiger partial charge in [0.15, 0.2) is 10.8 Å². The van der Waals surface area contributed by atoms with Crippen LogP contribution in [0.3, 0.4) is 0 Å². The molecule has 1 aliphatic rings. The maximum Gasteiger partial charge on any atom is 0.255 e. The number of halogens is 2. The van der Waals surface area contributed by atoms with Crippen LogP contribution < -0.4 is 10.2 Å². The van der Waals surface area contributed by atoms with E-state index in [-0.39, 0.29) is 17.1 Å². The summed E-state index contributed by atoms with van der Waals surface area (Å²) in [5.74, 6) is -0.292. The zero-order valence-corrected chi connectivity index (χ0v) is 17.4. The van der Waals surface area contributed by atoms with Gasteiger partial charge >= 0.3 is 0 Å². The molecule has 3 aromatic rings. The molecule has 0 radical (unpaired) electrons. The van der Waals surface area contributed by atoms with Crippen LogP contribution in [0.5, 0.6) is 0 Å². The van der Waals surface area contributed by atoms with Crippen LogP contribution in [0.15, 0.2) is 29.6 Å². The van der Waals surface area contributed by atoms with Crippen LogP contribution in [0, 0.1) is 5.82 Å². The topological polar surface area (TPSA) is 75.9 Å². The van der Waals surface area contributed by atoms with E-state index in [1.54, 1.807) is 10.9 Å². The molecule has 0 atom stereocenters. The summed E-state index contributed by atoms with van der Waals surface area (Å²) in [6, 6.07) is 4.16. The van der Waals surface area contributed by atoms with E-state index in [1.807, 2.05) is 6.26 Å². The van der Waals surface area contributed by atoms with Gasteiger partial charge in [0.1, 0.15) is 11.6 Å². The molecule has 1 saturated heterocycles. The van der Waals surface area contributed by atoms with Crippen LogP contribution in [-0.2, 0) is 6.54 Å². The predicted octanol–water partition coefficient (Wildman–Crippen LogP) is 3.37. The average molecular weight is 435 g/mol. The van der Waals surface area contributed by atoms with E-state index in [1.165, 1.54) is 30.0 Å². The van der Waals surface area contributed by atoms with Crippen molar-refractivity contribution in [3.05, 3.63) is 40.8 Å². The van der Waals surface area contributed by atoms with Crippen molar-refractivity contribution in [2.45, 2.75) is 24.5 Å². The van der Waals surface area contributed by atoms with Crippen molar-refractivity contribution in [3.8, 4) is 0 Å². The summed E-state index contributed by atoms with van der Waals surface area (Å²) in [6.45, 7) is 2.61. The van der Waals surface area contributed by atoms with Gasteiger partial charge in [-0.3, -0.25) is 4.79 Å². The van der Waals surface area contributed by atoms with Gasteiger partial charge in [-0.2, -0.15) is 5.10 Å². The summed E-state index contributed by atoms with van der Waals surface area (Å²) in [4.78, 5) is 23.9. The van der Waals surface area contributed by atoms with Crippen LogP contribution in [0.2, 0.25) is 5.02 Å².